The second-order valence-corrected chi connectivity index (χ2v) is 4.87. The molecule has 120 valence electrons. The zero-order chi connectivity index (χ0) is 15.8. The number of hydrogen-bond acceptors (Lipinski definition) is 3. The number of unbranched alkanes of at least 4 members (excludes halogenated alkanes) is 4. The Kier molecular flexibility index (Phi) is 17.3. The summed E-state index contributed by atoms with van der Waals surface area (Å²) in [6.07, 6.45) is 7.27. The summed E-state index contributed by atoms with van der Waals surface area (Å²) < 4.78 is 11.0. The molecule has 0 aromatic rings. The SMILES string of the molecule is C=C(C)C(N)=O.CCCCCOC(C)OCCCCC. The number of nitrogens with two attached hydrogens (primary N) is 1. The highest BCUT2D eigenvalue weighted by molar-refractivity contribution is 5.90. The molecule has 0 saturated carbocycles. The van der Waals surface area contributed by atoms with Crippen molar-refractivity contribution in [1.29, 1.82) is 0 Å². The summed E-state index contributed by atoms with van der Waals surface area (Å²) in [6.45, 7) is 12.9. The van der Waals surface area contributed by atoms with E-state index in [2.05, 4.69) is 20.4 Å². The van der Waals surface area contributed by atoms with Gasteiger partial charge in [-0.2, -0.15) is 0 Å². The number of ether oxygens (including phenoxy) is 2. The summed E-state index contributed by atoms with van der Waals surface area (Å²) in [5, 5.41) is 0. The molecule has 0 radical (unpaired) electrons. The Hall–Kier alpha value is -0.870. The van der Waals surface area contributed by atoms with Crippen molar-refractivity contribution in [3.05, 3.63) is 12.2 Å². The quantitative estimate of drug-likeness (QED) is 0.357. The Morgan fingerprint density at radius 1 is 1.05 bits per heavy atom. The molecule has 2 N–H and O–H groups in total. The van der Waals surface area contributed by atoms with Crippen molar-refractivity contribution in [3.8, 4) is 0 Å². The highest BCUT2D eigenvalue weighted by Gasteiger charge is 2.00. The number of carbonyl (C=O) groups is 1. The lowest BCUT2D eigenvalue weighted by atomic mass is 10.3. The third-order valence-corrected chi connectivity index (χ3v) is 2.62. The lowest BCUT2D eigenvalue weighted by Gasteiger charge is -2.13. The second kappa shape index (κ2) is 16.2. The van der Waals surface area contributed by atoms with Gasteiger partial charge in [0.15, 0.2) is 6.29 Å². The van der Waals surface area contributed by atoms with E-state index in [1.165, 1.54) is 25.7 Å². The van der Waals surface area contributed by atoms with Gasteiger partial charge in [-0.3, -0.25) is 4.79 Å². The molecule has 0 aromatic carbocycles. The van der Waals surface area contributed by atoms with E-state index in [0.717, 1.165) is 26.1 Å². The summed E-state index contributed by atoms with van der Waals surface area (Å²) >= 11 is 0. The highest BCUT2D eigenvalue weighted by Crippen LogP contribution is 2.01. The van der Waals surface area contributed by atoms with E-state index in [1.807, 2.05) is 6.92 Å². The molecule has 0 bridgehead atoms. The van der Waals surface area contributed by atoms with Crippen LogP contribution in [0.1, 0.15) is 66.2 Å². The van der Waals surface area contributed by atoms with Crippen molar-refractivity contribution in [2.45, 2.75) is 72.5 Å². The molecule has 0 atom stereocenters. The van der Waals surface area contributed by atoms with Crippen LogP contribution < -0.4 is 5.73 Å². The van der Waals surface area contributed by atoms with Crippen LogP contribution in [0.2, 0.25) is 0 Å². The number of hydrogen-bond donors (Lipinski definition) is 1. The zero-order valence-corrected chi connectivity index (χ0v) is 13.7. The monoisotopic (exact) mass is 287 g/mol. The first kappa shape index (κ1) is 21.4. The predicted molar refractivity (Wildman–Crippen MR) is 84.4 cm³/mol. The molecule has 0 fully saturated rings. The van der Waals surface area contributed by atoms with Crippen molar-refractivity contribution in [3.63, 3.8) is 0 Å². The van der Waals surface area contributed by atoms with Crippen LogP contribution in [0, 0.1) is 0 Å². The molecule has 0 saturated heterocycles. The van der Waals surface area contributed by atoms with Gasteiger partial charge in [0.25, 0.3) is 0 Å². The van der Waals surface area contributed by atoms with Gasteiger partial charge >= 0.3 is 0 Å². The molecule has 0 aliphatic rings. The fourth-order valence-corrected chi connectivity index (χ4v) is 1.25. The minimum absolute atomic E-state index is 0.0243. The number of carbonyl (C=O) groups excluding carboxylic acids is 1. The first-order valence-electron chi connectivity index (χ1n) is 7.64. The van der Waals surface area contributed by atoms with Crippen LogP contribution in [-0.4, -0.2) is 25.4 Å². The summed E-state index contributed by atoms with van der Waals surface area (Å²) in [4.78, 5) is 9.82. The van der Waals surface area contributed by atoms with Crippen LogP contribution >= 0.6 is 0 Å². The number of rotatable bonds is 11. The van der Waals surface area contributed by atoms with Crippen molar-refractivity contribution >= 4 is 5.91 Å². The molecule has 0 rings (SSSR count). The van der Waals surface area contributed by atoms with Crippen molar-refractivity contribution in [2.75, 3.05) is 13.2 Å². The van der Waals surface area contributed by atoms with Gasteiger partial charge in [0.2, 0.25) is 5.91 Å². The molecule has 0 heterocycles. The van der Waals surface area contributed by atoms with Crippen molar-refractivity contribution in [1.82, 2.24) is 0 Å². The Morgan fingerprint density at radius 3 is 1.65 bits per heavy atom. The minimum atomic E-state index is -0.435. The van der Waals surface area contributed by atoms with Gasteiger partial charge in [-0.15, -0.1) is 0 Å². The minimum Gasteiger partial charge on any atom is -0.366 e. The topological polar surface area (TPSA) is 61.6 Å². The Labute approximate surface area is 124 Å². The van der Waals surface area contributed by atoms with Crippen LogP contribution in [0.15, 0.2) is 12.2 Å². The molecular formula is C16H33NO3. The van der Waals surface area contributed by atoms with Gasteiger partial charge in [-0.1, -0.05) is 46.1 Å². The van der Waals surface area contributed by atoms with Gasteiger partial charge in [-0.05, 0) is 26.7 Å². The van der Waals surface area contributed by atoms with Gasteiger partial charge in [0.05, 0.1) is 0 Å². The molecule has 0 aromatic heterocycles. The van der Waals surface area contributed by atoms with Crippen molar-refractivity contribution < 1.29 is 14.3 Å². The van der Waals surface area contributed by atoms with Crippen LogP contribution in [0.3, 0.4) is 0 Å². The smallest absolute Gasteiger partial charge is 0.243 e. The number of primary amides is 1. The van der Waals surface area contributed by atoms with E-state index in [1.54, 1.807) is 6.92 Å². The fraction of sp³-hybridized carbons (Fsp3) is 0.812. The molecule has 20 heavy (non-hydrogen) atoms. The molecule has 4 nitrogen and oxygen atoms in total. The van der Waals surface area contributed by atoms with Crippen LogP contribution in [0.5, 0.6) is 0 Å². The molecule has 0 aliphatic heterocycles. The van der Waals surface area contributed by atoms with E-state index >= 15 is 0 Å². The van der Waals surface area contributed by atoms with Gasteiger partial charge in [-0.25, -0.2) is 0 Å². The Bertz CT molecular complexity index is 218. The summed E-state index contributed by atoms with van der Waals surface area (Å²) in [7, 11) is 0. The molecule has 0 spiro atoms. The lowest BCUT2D eigenvalue weighted by Crippen LogP contribution is -2.14. The second-order valence-electron chi connectivity index (χ2n) is 4.87. The maximum absolute atomic E-state index is 9.82. The van der Waals surface area contributed by atoms with Gasteiger partial charge < -0.3 is 15.2 Å². The maximum Gasteiger partial charge on any atom is 0.243 e. The summed E-state index contributed by atoms with van der Waals surface area (Å²) in [5.41, 5.74) is 5.09. The average molecular weight is 287 g/mol. The lowest BCUT2D eigenvalue weighted by molar-refractivity contribution is -0.131. The van der Waals surface area contributed by atoms with Gasteiger partial charge in [0, 0.05) is 18.8 Å². The largest absolute Gasteiger partial charge is 0.366 e. The normalized spacial score (nSPS) is 10.1. The third-order valence-electron chi connectivity index (χ3n) is 2.62. The average Bonchev–Trinajstić information content (AvgIpc) is 2.40. The zero-order valence-electron chi connectivity index (χ0n) is 13.7. The summed E-state index contributed by atoms with van der Waals surface area (Å²) in [6, 6.07) is 0. The highest BCUT2D eigenvalue weighted by atomic mass is 16.7. The predicted octanol–water partition coefficient (Wildman–Crippen LogP) is 3.79. The van der Waals surface area contributed by atoms with Crippen molar-refractivity contribution in [2.24, 2.45) is 5.73 Å². The maximum atomic E-state index is 9.82. The first-order valence-corrected chi connectivity index (χ1v) is 7.64. The van der Waals surface area contributed by atoms with E-state index in [-0.39, 0.29) is 6.29 Å². The van der Waals surface area contributed by atoms with E-state index in [0.29, 0.717) is 5.57 Å². The summed E-state index contributed by atoms with van der Waals surface area (Å²) in [5.74, 6) is -0.435. The molecule has 4 heteroatoms. The Balaban J connectivity index is 0. The molecule has 0 aliphatic carbocycles. The van der Waals surface area contributed by atoms with Crippen LogP contribution in [0.25, 0.3) is 0 Å². The number of amides is 1. The third kappa shape index (κ3) is 19.5. The van der Waals surface area contributed by atoms with E-state index in [9.17, 15) is 4.79 Å². The molecular weight excluding hydrogens is 254 g/mol. The molecule has 1 amide bonds. The van der Waals surface area contributed by atoms with E-state index < -0.39 is 5.91 Å². The standard InChI is InChI=1S/C12H26O2.C4H7NO/c1-4-6-8-10-13-12(3)14-11-9-7-5-2;1-3(2)4(5)6/h12H,4-11H2,1-3H3;1H2,2H3,(H2,5,6). The van der Waals surface area contributed by atoms with Crippen LogP contribution in [0.4, 0.5) is 0 Å². The first-order chi connectivity index (χ1) is 9.45. The van der Waals surface area contributed by atoms with E-state index in [4.69, 9.17) is 15.2 Å². The van der Waals surface area contributed by atoms with Crippen LogP contribution in [-0.2, 0) is 14.3 Å². The Morgan fingerprint density at radius 2 is 1.40 bits per heavy atom. The van der Waals surface area contributed by atoms with Gasteiger partial charge in [0.1, 0.15) is 0 Å². The molecule has 0 unspecified atom stereocenters. The fourth-order valence-electron chi connectivity index (χ4n) is 1.25.